The van der Waals surface area contributed by atoms with Crippen molar-refractivity contribution in [2.24, 2.45) is 0 Å². The molecule has 0 N–H and O–H groups in total. The van der Waals surface area contributed by atoms with Gasteiger partial charge in [0.05, 0.1) is 23.1 Å². The summed E-state index contributed by atoms with van der Waals surface area (Å²) >= 11 is 0. The topological polar surface area (TPSA) is 43.9 Å². The molecule has 0 amide bonds. The third-order valence-corrected chi connectivity index (χ3v) is 7.78. The van der Waals surface area contributed by atoms with E-state index in [1.54, 1.807) is 0 Å². The Hall–Kier alpha value is -4.70. The standard InChI is InChI=1S/C36H31N3O/c1-23-20-21-27-26-15-10-16-28(33(26)40-35(27)37-23)34-38-31-18-8-9-19-32(31)39(34)22-29-25(24-12-6-5-7-13-24)14-11-17-30(29)36(2,3)4/h5-21H,22H2,1-4H3. The number of benzene rings is 4. The average Bonchev–Trinajstić information content (AvgIpc) is 3.51. The van der Waals surface area contributed by atoms with E-state index in [0.717, 1.165) is 44.5 Å². The van der Waals surface area contributed by atoms with Gasteiger partial charge in [0.1, 0.15) is 11.4 Å². The Bertz CT molecular complexity index is 2020. The summed E-state index contributed by atoms with van der Waals surface area (Å²) in [6.07, 6.45) is 0. The van der Waals surface area contributed by atoms with Gasteiger partial charge in [0, 0.05) is 16.5 Å². The van der Waals surface area contributed by atoms with E-state index in [0.29, 0.717) is 12.3 Å². The second-order valence-corrected chi connectivity index (χ2v) is 11.5. The van der Waals surface area contributed by atoms with Gasteiger partial charge in [-0.15, -0.1) is 0 Å². The van der Waals surface area contributed by atoms with Crippen LogP contribution < -0.4 is 0 Å². The smallest absolute Gasteiger partial charge is 0.227 e. The lowest BCUT2D eigenvalue weighted by atomic mass is 9.81. The SMILES string of the molecule is Cc1ccc2c(n1)oc1c(-c3nc4ccccc4n3Cc3c(-c4ccccc4)cccc3C(C)(C)C)cccc12. The zero-order chi connectivity index (χ0) is 27.4. The van der Waals surface area contributed by atoms with Gasteiger partial charge < -0.3 is 8.98 Å². The Morgan fingerprint density at radius 2 is 1.45 bits per heavy atom. The van der Waals surface area contributed by atoms with Crippen molar-refractivity contribution in [3.05, 3.63) is 120 Å². The second-order valence-electron chi connectivity index (χ2n) is 11.5. The van der Waals surface area contributed by atoms with Crippen LogP contribution in [-0.2, 0) is 12.0 Å². The van der Waals surface area contributed by atoms with Crippen LogP contribution in [-0.4, -0.2) is 14.5 Å². The van der Waals surface area contributed by atoms with Gasteiger partial charge in [0.2, 0.25) is 5.71 Å². The summed E-state index contributed by atoms with van der Waals surface area (Å²) in [5.74, 6) is 0.894. The summed E-state index contributed by atoms with van der Waals surface area (Å²) in [5, 5.41) is 2.08. The molecule has 4 nitrogen and oxygen atoms in total. The lowest BCUT2D eigenvalue weighted by Crippen LogP contribution is -2.17. The van der Waals surface area contributed by atoms with Crippen LogP contribution in [0.25, 0.3) is 55.6 Å². The molecule has 0 aliphatic heterocycles. The number of aromatic nitrogens is 3. The highest BCUT2D eigenvalue weighted by atomic mass is 16.3. The van der Waals surface area contributed by atoms with E-state index < -0.39 is 0 Å². The second kappa shape index (κ2) is 9.20. The van der Waals surface area contributed by atoms with E-state index in [9.17, 15) is 0 Å². The minimum absolute atomic E-state index is 0.0288. The first kappa shape index (κ1) is 24.3. The summed E-state index contributed by atoms with van der Waals surface area (Å²) in [6.45, 7) is 9.54. The Kier molecular flexibility index (Phi) is 5.60. The fourth-order valence-electron chi connectivity index (χ4n) is 5.89. The summed E-state index contributed by atoms with van der Waals surface area (Å²) in [6, 6.07) is 36.2. The van der Waals surface area contributed by atoms with Crippen molar-refractivity contribution in [3.63, 3.8) is 0 Å². The van der Waals surface area contributed by atoms with Crippen LogP contribution in [0.3, 0.4) is 0 Å². The molecule has 0 unspecified atom stereocenters. The summed E-state index contributed by atoms with van der Waals surface area (Å²) < 4.78 is 8.78. The highest BCUT2D eigenvalue weighted by Gasteiger charge is 2.24. The average molecular weight is 522 g/mol. The number of furan rings is 1. The number of pyridine rings is 1. The Balaban J connectivity index is 1.50. The molecule has 0 aliphatic rings. The van der Waals surface area contributed by atoms with Crippen LogP contribution in [0.5, 0.6) is 0 Å². The van der Waals surface area contributed by atoms with Crippen LogP contribution in [0.15, 0.2) is 108 Å². The lowest BCUT2D eigenvalue weighted by molar-refractivity contribution is 0.579. The molecule has 7 rings (SSSR count). The van der Waals surface area contributed by atoms with Crippen molar-refractivity contribution in [2.45, 2.75) is 39.7 Å². The maximum absolute atomic E-state index is 6.43. The first-order valence-electron chi connectivity index (χ1n) is 13.8. The van der Waals surface area contributed by atoms with Gasteiger partial charge in [-0.05, 0) is 64.9 Å². The highest BCUT2D eigenvalue weighted by Crippen LogP contribution is 2.39. The van der Waals surface area contributed by atoms with E-state index in [2.05, 4.69) is 127 Å². The normalized spacial score (nSPS) is 12.1. The molecule has 4 aromatic carbocycles. The van der Waals surface area contributed by atoms with E-state index in [-0.39, 0.29) is 5.41 Å². The number of imidazole rings is 1. The zero-order valence-electron chi connectivity index (χ0n) is 23.3. The molecule has 4 heteroatoms. The number of hydrogen-bond donors (Lipinski definition) is 0. The van der Waals surface area contributed by atoms with Gasteiger partial charge in [0.25, 0.3) is 0 Å². The molecule has 0 radical (unpaired) electrons. The lowest BCUT2D eigenvalue weighted by Gasteiger charge is -2.26. The third-order valence-electron chi connectivity index (χ3n) is 7.78. The van der Waals surface area contributed by atoms with Gasteiger partial charge in [0.15, 0.2) is 0 Å². The number of rotatable bonds is 4. The van der Waals surface area contributed by atoms with Crippen LogP contribution in [0.4, 0.5) is 0 Å². The fraction of sp³-hybridized carbons (Fsp3) is 0.167. The third kappa shape index (κ3) is 3.99. The molecule has 0 bridgehead atoms. The number of nitrogens with zero attached hydrogens (tertiary/aromatic N) is 3. The number of fused-ring (bicyclic) bond motifs is 4. The van der Waals surface area contributed by atoms with Crippen molar-refractivity contribution >= 4 is 33.1 Å². The van der Waals surface area contributed by atoms with Crippen molar-refractivity contribution in [2.75, 3.05) is 0 Å². The Labute approximate surface area is 233 Å². The first-order chi connectivity index (χ1) is 19.4. The molecule has 3 heterocycles. The minimum atomic E-state index is -0.0288. The number of aryl methyl sites for hydroxylation is 1. The van der Waals surface area contributed by atoms with E-state index in [1.165, 1.54) is 22.3 Å². The summed E-state index contributed by atoms with van der Waals surface area (Å²) in [4.78, 5) is 9.86. The predicted octanol–water partition coefficient (Wildman–Crippen LogP) is 9.32. The molecule has 196 valence electrons. The monoisotopic (exact) mass is 521 g/mol. The van der Waals surface area contributed by atoms with Crippen LogP contribution in [0.2, 0.25) is 0 Å². The fourth-order valence-corrected chi connectivity index (χ4v) is 5.89. The van der Waals surface area contributed by atoms with Crippen LogP contribution in [0.1, 0.15) is 37.6 Å². The molecule has 7 aromatic rings. The van der Waals surface area contributed by atoms with E-state index in [1.807, 2.05) is 13.0 Å². The van der Waals surface area contributed by atoms with Crippen molar-refractivity contribution in [1.29, 1.82) is 0 Å². The number of hydrogen-bond acceptors (Lipinski definition) is 3. The molecular weight excluding hydrogens is 490 g/mol. The molecule has 0 saturated carbocycles. The van der Waals surface area contributed by atoms with Gasteiger partial charge >= 0.3 is 0 Å². The van der Waals surface area contributed by atoms with E-state index in [4.69, 9.17) is 9.40 Å². The van der Waals surface area contributed by atoms with Crippen molar-refractivity contribution in [3.8, 4) is 22.5 Å². The highest BCUT2D eigenvalue weighted by molar-refractivity contribution is 6.08. The van der Waals surface area contributed by atoms with Gasteiger partial charge in [-0.3, -0.25) is 0 Å². The quantitative estimate of drug-likeness (QED) is 0.232. The van der Waals surface area contributed by atoms with Crippen molar-refractivity contribution < 1.29 is 4.42 Å². The maximum atomic E-state index is 6.43. The zero-order valence-corrected chi connectivity index (χ0v) is 23.3. The molecule has 0 fully saturated rings. The Morgan fingerprint density at radius 3 is 2.27 bits per heavy atom. The van der Waals surface area contributed by atoms with Gasteiger partial charge in [-0.2, -0.15) is 0 Å². The van der Waals surface area contributed by atoms with E-state index >= 15 is 0 Å². The first-order valence-corrected chi connectivity index (χ1v) is 13.8. The predicted molar refractivity (Wildman–Crippen MR) is 165 cm³/mol. The molecule has 3 aromatic heterocycles. The summed E-state index contributed by atoms with van der Waals surface area (Å²) in [5.41, 5.74) is 10.5. The minimum Gasteiger partial charge on any atom is -0.437 e. The maximum Gasteiger partial charge on any atom is 0.227 e. The van der Waals surface area contributed by atoms with Gasteiger partial charge in [-0.1, -0.05) is 93.6 Å². The largest absolute Gasteiger partial charge is 0.437 e. The molecule has 40 heavy (non-hydrogen) atoms. The molecule has 0 aliphatic carbocycles. The molecular formula is C36H31N3O. The van der Waals surface area contributed by atoms with Crippen LogP contribution in [0, 0.1) is 6.92 Å². The molecule has 0 spiro atoms. The molecule has 0 atom stereocenters. The Morgan fingerprint density at radius 1 is 0.700 bits per heavy atom. The van der Waals surface area contributed by atoms with Crippen LogP contribution >= 0.6 is 0 Å². The van der Waals surface area contributed by atoms with Crippen molar-refractivity contribution in [1.82, 2.24) is 14.5 Å². The number of para-hydroxylation sites is 3. The molecule has 0 saturated heterocycles. The summed E-state index contributed by atoms with van der Waals surface area (Å²) in [7, 11) is 0. The van der Waals surface area contributed by atoms with Gasteiger partial charge in [-0.25, -0.2) is 9.97 Å².